The SMILES string of the molecule is Cc1cc2c3c(c1)N(c1ccc(C(C)(C)C)cc1-c1ccccc1)c1sc4cc5c(cc4c1B3N(c1ccc3c(c1)C(C)(C)CCC3(C)C)c1ccc(C(C)(C)C)cc1-2)C(C)(C)CCC5(C)C. The first-order valence-corrected chi connectivity index (χ1v) is 26.0. The van der Waals surface area contributed by atoms with E-state index in [-0.39, 0.29) is 39.3 Å². The normalized spacial score (nSPS) is 18.5. The lowest BCUT2D eigenvalue weighted by molar-refractivity contribution is 0.332. The second-order valence-electron chi connectivity index (χ2n) is 25.7. The standard InChI is InChI=1S/C63H71BN2S/c1-38-31-45-44-34-41(59(5,6)7)22-26-52(44)66(42-23-24-47-48(35-42)61(10,11)28-27-60(47,8)9)64-55(45)53(32-38)65(51-25-21-40(58(2,3)4)33-43(51)39-19-17-16-18-20-39)57-56(64)46-36-49-50(37-54(46)67-57)63(14,15)30-29-62(49,12)13/h16-26,31-37H,27-30H2,1-15H3. The molecule has 1 aromatic heterocycles. The van der Waals surface area contributed by atoms with Gasteiger partial charge in [-0.3, -0.25) is 0 Å². The van der Waals surface area contributed by atoms with Crippen molar-refractivity contribution in [1.29, 1.82) is 0 Å². The summed E-state index contributed by atoms with van der Waals surface area (Å²) in [5.74, 6) is 0. The summed E-state index contributed by atoms with van der Waals surface area (Å²) in [7, 11) is 0. The Labute approximate surface area is 407 Å². The monoisotopic (exact) mass is 899 g/mol. The van der Waals surface area contributed by atoms with E-state index in [0.717, 1.165) is 0 Å². The number of thiophene rings is 1. The number of hydrogen-bond donors (Lipinski definition) is 0. The highest BCUT2D eigenvalue weighted by atomic mass is 32.1. The lowest BCUT2D eigenvalue weighted by atomic mass is 9.43. The van der Waals surface area contributed by atoms with Gasteiger partial charge in [0.25, 0.3) is 0 Å². The lowest BCUT2D eigenvalue weighted by Gasteiger charge is -2.47. The van der Waals surface area contributed by atoms with Gasteiger partial charge in [0.1, 0.15) is 0 Å². The number of anilines is 5. The van der Waals surface area contributed by atoms with Crippen LogP contribution in [0, 0.1) is 6.92 Å². The second-order valence-corrected chi connectivity index (χ2v) is 26.7. The number of hydrogen-bond acceptors (Lipinski definition) is 3. The Kier molecular flexibility index (Phi) is 9.61. The number of aryl methyl sites for hydroxylation is 1. The summed E-state index contributed by atoms with van der Waals surface area (Å²) in [4.78, 5) is 5.50. The maximum atomic E-state index is 2.79. The zero-order valence-corrected chi connectivity index (χ0v) is 43.9. The molecule has 3 heterocycles. The third kappa shape index (κ3) is 6.84. The van der Waals surface area contributed by atoms with Crippen LogP contribution in [0.4, 0.5) is 27.8 Å². The van der Waals surface area contributed by atoms with Crippen LogP contribution in [0.2, 0.25) is 0 Å². The van der Waals surface area contributed by atoms with Crippen LogP contribution in [0.3, 0.4) is 0 Å². The van der Waals surface area contributed by atoms with E-state index in [0.29, 0.717) is 0 Å². The molecule has 2 aliphatic heterocycles. The Morgan fingerprint density at radius 2 is 1.04 bits per heavy atom. The van der Waals surface area contributed by atoms with Crippen LogP contribution in [0.1, 0.15) is 162 Å². The average molecular weight is 899 g/mol. The second kappa shape index (κ2) is 14.5. The first-order chi connectivity index (χ1) is 31.4. The van der Waals surface area contributed by atoms with Crippen molar-refractivity contribution in [3.8, 4) is 22.3 Å². The van der Waals surface area contributed by atoms with Crippen molar-refractivity contribution in [3.05, 3.63) is 148 Å². The van der Waals surface area contributed by atoms with Gasteiger partial charge in [-0.2, -0.15) is 0 Å². The first-order valence-electron chi connectivity index (χ1n) is 25.2. The van der Waals surface area contributed by atoms with Gasteiger partial charge in [-0.25, -0.2) is 0 Å². The van der Waals surface area contributed by atoms with Crippen LogP contribution < -0.4 is 20.6 Å². The molecule has 0 saturated heterocycles. The van der Waals surface area contributed by atoms with E-state index in [4.69, 9.17) is 0 Å². The summed E-state index contributed by atoms with van der Waals surface area (Å²) in [6.45, 7) is 36.2. The largest absolute Gasteiger partial charge is 0.376 e. The number of nitrogens with zero attached hydrogens (tertiary/aromatic N) is 2. The molecule has 342 valence electrons. The fourth-order valence-electron chi connectivity index (χ4n) is 12.4. The molecule has 0 N–H and O–H groups in total. The highest BCUT2D eigenvalue weighted by molar-refractivity contribution is 7.26. The highest BCUT2D eigenvalue weighted by Gasteiger charge is 2.49. The molecular weight excluding hydrogens is 828 g/mol. The van der Waals surface area contributed by atoms with Crippen LogP contribution in [-0.4, -0.2) is 6.85 Å². The van der Waals surface area contributed by atoms with E-state index in [2.05, 4.69) is 223 Å². The predicted octanol–water partition coefficient (Wildman–Crippen LogP) is 16.9. The van der Waals surface area contributed by atoms with Crippen molar-refractivity contribution in [2.75, 3.05) is 9.71 Å². The molecule has 6 aromatic carbocycles. The third-order valence-electron chi connectivity index (χ3n) is 16.9. The summed E-state index contributed by atoms with van der Waals surface area (Å²) in [6, 6.07) is 43.9. The van der Waals surface area contributed by atoms with Gasteiger partial charge in [0.2, 0.25) is 0 Å². The van der Waals surface area contributed by atoms with Crippen molar-refractivity contribution in [2.24, 2.45) is 0 Å². The Bertz CT molecular complexity index is 3180. The molecule has 0 saturated carbocycles. The minimum Gasteiger partial charge on any atom is -0.376 e. The smallest absolute Gasteiger partial charge is 0.334 e. The predicted molar refractivity (Wildman–Crippen MR) is 294 cm³/mol. The number of benzene rings is 6. The Balaban J connectivity index is 1.30. The average Bonchev–Trinajstić information content (AvgIpc) is 3.64. The summed E-state index contributed by atoms with van der Waals surface area (Å²) >= 11 is 2.01. The van der Waals surface area contributed by atoms with E-state index < -0.39 is 0 Å². The fraction of sp³-hybridized carbons (Fsp3) is 0.397. The molecule has 0 atom stereocenters. The first kappa shape index (κ1) is 44.5. The van der Waals surface area contributed by atoms with Gasteiger partial charge in [-0.15, -0.1) is 11.3 Å². The molecule has 4 aliphatic rings. The lowest BCUT2D eigenvalue weighted by Crippen LogP contribution is -2.61. The van der Waals surface area contributed by atoms with E-state index in [1.807, 2.05) is 11.3 Å². The summed E-state index contributed by atoms with van der Waals surface area (Å²) in [6.07, 6.45) is 4.76. The molecule has 7 aromatic rings. The molecule has 0 fully saturated rings. The summed E-state index contributed by atoms with van der Waals surface area (Å²) in [5, 5.41) is 2.74. The summed E-state index contributed by atoms with van der Waals surface area (Å²) < 4.78 is 1.39. The third-order valence-corrected chi connectivity index (χ3v) is 18.1. The molecule has 11 rings (SSSR count). The van der Waals surface area contributed by atoms with Gasteiger partial charge in [-0.05, 0) is 186 Å². The number of rotatable bonds is 3. The Hall–Kier alpha value is -5.06. The van der Waals surface area contributed by atoms with Gasteiger partial charge in [0.15, 0.2) is 0 Å². The molecule has 0 bridgehead atoms. The minimum absolute atomic E-state index is 0.00731. The van der Waals surface area contributed by atoms with Crippen LogP contribution in [0.25, 0.3) is 32.3 Å². The Morgan fingerprint density at radius 3 is 1.66 bits per heavy atom. The van der Waals surface area contributed by atoms with E-state index in [9.17, 15) is 0 Å². The van der Waals surface area contributed by atoms with Crippen LogP contribution in [0.5, 0.6) is 0 Å². The van der Waals surface area contributed by atoms with E-state index >= 15 is 0 Å². The molecule has 67 heavy (non-hydrogen) atoms. The molecule has 0 unspecified atom stereocenters. The maximum Gasteiger partial charge on any atom is 0.334 e. The topological polar surface area (TPSA) is 6.48 Å². The van der Waals surface area contributed by atoms with E-state index in [1.54, 1.807) is 0 Å². The van der Waals surface area contributed by atoms with Crippen LogP contribution in [0.15, 0.2) is 109 Å². The molecule has 2 aliphatic carbocycles. The Morgan fingerprint density at radius 1 is 0.493 bits per heavy atom. The number of fused-ring (bicyclic) bond motifs is 8. The van der Waals surface area contributed by atoms with Crippen molar-refractivity contribution >= 4 is 66.9 Å². The van der Waals surface area contributed by atoms with Gasteiger partial charge in [0, 0.05) is 32.9 Å². The molecule has 0 amide bonds. The van der Waals surface area contributed by atoms with Crippen molar-refractivity contribution in [1.82, 2.24) is 0 Å². The highest BCUT2D eigenvalue weighted by Crippen LogP contribution is 2.55. The molecule has 4 heteroatoms. The van der Waals surface area contributed by atoms with Gasteiger partial charge >= 0.3 is 6.85 Å². The van der Waals surface area contributed by atoms with Gasteiger partial charge < -0.3 is 9.71 Å². The van der Waals surface area contributed by atoms with Crippen molar-refractivity contribution in [3.63, 3.8) is 0 Å². The van der Waals surface area contributed by atoms with Crippen LogP contribution in [-0.2, 0) is 32.5 Å². The van der Waals surface area contributed by atoms with Gasteiger partial charge in [0.05, 0.1) is 10.7 Å². The maximum absolute atomic E-state index is 2.79. The van der Waals surface area contributed by atoms with Crippen molar-refractivity contribution < 1.29 is 0 Å². The fourth-order valence-corrected chi connectivity index (χ4v) is 13.7. The molecule has 0 radical (unpaired) electrons. The summed E-state index contributed by atoms with van der Waals surface area (Å²) in [5.41, 5.74) is 23.6. The molecule has 0 spiro atoms. The zero-order valence-electron chi connectivity index (χ0n) is 43.1. The minimum atomic E-state index is -0.0527. The van der Waals surface area contributed by atoms with Crippen LogP contribution >= 0.6 is 11.3 Å². The van der Waals surface area contributed by atoms with Crippen molar-refractivity contribution in [2.45, 2.75) is 162 Å². The quantitative estimate of drug-likeness (QED) is 0.163. The molecular formula is C63H71BN2S. The zero-order chi connectivity index (χ0) is 47.5. The molecule has 2 nitrogen and oxygen atoms in total. The van der Waals surface area contributed by atoms with Gasteiger partial charge in [-0.1, -0.05) is 152 Å². The van der Waals surface area contributed by atoms with E-state index in [1.165, 1.54) is 136 Å².